The Kier molecular flexibility index (Phi) is 5.45. The molecule has 2 aromatic carbocycles. The molecule has 0 fully saturated rings. The maximum Gasteiger partial charge on any atom is 0.422 e. The van der Waals surface area contributed by atoms with Crippen molar-refractivity contribution < 1.29 is 22.7 Å². The molecule has 30 heavy (non-hydrogen) atoms. The SMILES string of the molecule is O=C(Cc1csc2nc(-c3ccccc3)cn12)Nc1ccc(OCC(F)(F)F)cc1. The molecule has 0 radical (unpaired) electrons. The molecule has 4 rings (SSSR count). The Labute approximate surface area is 173 Å². The zero-order valence-corrected chi connectivity index (χ0v) is 16.3. The van der Waals surface area contributed by atoms with Gasteiger partial charge in [0.15, 0.2) is 11.6 Å². The Morgan fingerprint density at radius 2 is 1.83 bits per heavy atom. The molecule has 0 atom stereocenters. The highest BCUT2D eigenvalue weighted by Crippen LogP contribution is 2.24. The summed E-state index contributed by atoms with van der Waals surface area (Å²) in [5, 5.41) is 4.62. The van der Waals surface area contributed by atoms with Crippen LogP contribution in [0.4, 0.5) is 18.9 Å². The summed E-state index contributed by atoms with van der Waals surface area (Å²) >= 11 is 1.45. The van der Waals surface area contributed by atoms with E-state index in [0.29, 0.717) is 5.69 Å². The van der Waals surface area contributed by atoms with E-state index in [1.165, 1.54) is 35.6 Å². The fourth-order valence-electron chi connectivity index (χ4n) is 2.87. The van der Waals surface area contributed by atoms with Crippen molar-refractivity contribution in [2.45, 2.75) is 12.6 Å². The van der Waals surface area contributed by atoms with Crippen LogP contribution in [0.25, 0.3) is 16.2 Å². The van der Waals surface area contributed by atoms with Crippen LogP contribution in [0.3, 0.4) is 0 Å². The summed E-state index contributed by atoms with van der Waals surface area (Å²) < 4.78 is 43.1. The zero-order valence-electron chi connectivity index (χ0n) is 15.5. The predicted molar refractivity (Wildman–Crippen MR) is 109 cm³/mol. The first-order valence-electron chi connectivity index (χ1n) is 8.98. The average molecular weight is 431 g/mol. The summed E-state index contributed by atoms with van der Waals surface area (Å²) in [6.07, 6.45) is -2.36. The van der Waals surface area contributed by atoms with Crippen LogP contribution in [0.15, 0.2) is 66.2 Å². The van der Waals surface area contributed by atoms with Crippen LogP contribution in [-0.2, 0) is 11.2 Å². The smallest absolute Gasteiger partial charge is 0.422 e. The highest BCUT2D eigenvalue weighted by Gasteiger charge is 2.28. The number of hydrogen-bond acceptors (Lipinski definition) is 4. The van der Waals surface area contributed by atoms with Gasteiger partial charge in [-0.25, -0.2) is 4.98 Å². The van der Waals surface area contributed by atoms with E-state index in [2.05, 4.69) is 15.0 Å². The number of rotatable bonds is 6. The normalized spacial score (nSPS) is 11.6. The summed E-state index contributed by atoms with van der Waals surface area (Å²) in [6, 6.07) is 15.5. The highest BCUT2D eigenvalue weighted by molar-refractivity contribution is 7.15. The molecule has 0 aliphatic rings. The van der Waals surface area contributed by atoms with E-state index in [1.54, 1.807) is 0 Å². The third-order valence-corrected chi connectivity index (χ3v) is 5.12. The molecule has 9 heteroatoms. The standard InChI is InChI=1S/C21H16F3N3O2S/c22-21(23,24)13-29-17-8-6-15(7-9-17)25-19(28)10-16-12-30-20-26-18(11-27(16)20)14-4-2-1-3-5-14/h1-9,11-12H,10,13H2,(H,25,28). The van der Waals surface area contributed by atoms with Crippen LogP contribution >= 0.6 is 11.3 Å². The first-order chi connectivity index (χ1) is 14.4. The summed E-state index contributed by atoms with van der Waals surface area (Å²) in [7, 11) is 0. The van der Waals surface area contributed by atoms with Gasteiger partial charge in [-0.15, -0.1) is 11.3 Å². The molecule has 0 saturated carbocycles. The second-order valence-corrected chi connectivity index (χ2v) is 7.36. The minimum atomic E-state index is -4.40. The molecule has 0 aliphatic carbocycles. The number of thiazole rings is 1. The number of alkyl halides is 3. The minimum Gasteiger partial charge on any atom is -0.484 e. The summed E-state index contributed by atoms with van der Waals surface area (Å²) in [5.74, 6) is -0.162. The van der Waals surface area contributed by atoms with Crippen molar-refractivity contribution in [3.63, 3.8) is 0 Å². The fraction of sp³-hybridized carbons (Fsp3) is 0.143. The molecular weight excluding hydrogens is 415 g/mol. The van der Waals surface area contributed by atoms with Crippen LogP contribution in [0.1, 0.15) is 5.69 Å². The number of nitrogens with one attached hydrogen (secondary N) is 1. The van der Waals surface area contributed by atoms with Gasteiger partial charge in [0.2, 0.25) is 5.91 Å². The van der Waals surface area contributed by atoms with E-state index in [-0.39, 0.29) is 18.1 Å². The average Bonchev–Trinajstić information content (AvgIpc) is 3.30. The van der Waals surface area contributed by atoms with Gasteiger partial charge in [-0.2, -0.15) is 13.2 Å². The number of imidazole rings is 1. The Morgan fingerprint density at radius 1 is 1.10 bits per heavy atom. The molecular formula is C21H16F3N3O2S. The Hall–Kier alpha value is -3.33. The third-order valence-electron chi connectivity index (χ3n) is 4.24. The number of carbonyl (C=O) groups is 1. The van der Waals surface area contributed by atoms with E-state index < -0.39 is 12.8 Å². The number of ether oxygens (including phenoxy) is 1. The van der Waals surface area contributed by atoms with Gasteiger partial charge in [0.05, 0.1) is 12.1 Å². The number of halogens is 3. The lowest BCUT2D eigenvalue weighted by Crippen LogP contribution is -2.19. The summed E-state index contributed by atoms with van der Waals surface area (Å²) in [5.41, 5.74) is 3.10. The highest BCUT2D eigenvalue weighted by atomic mass is 32.1. The quantitative estimate of drug-likeness (QED) is 0.457. The number of aromatic nitrogens is 2. The predicted octanol–water partition coefficient (Wildman–Crippen LogP) is 5.19. The van der Waals surface area contributed by atoms with E-state index in [9.17, 15) is 18.0 Å². The van der Waals surface area contributed by atoms with Crippen molar-refractivity contribution in [3.05, 3.63) is 71.9 Å². The number of benzene rings is 2. The van der Waals surface area contributed by atoms with Gasteiger partial charge in [-0.1, -0.05) is 30.3 Å². The van der Waals surface area contributed by atoms with Crippen molar-refractivity contribution >= 4 is 27.9 Å². The lowest BCUT2D eigenvalue weighted by Gasteiger charge is -2.10. The van der Waals surface area contributed by atoms with Crippen molar-refractivity contribution in [2.24, 2.45) is 0 Å². The van der Waals surface area contributed by atoms with Crippen molar-refractivity contribution in [3.8, 4) is 17.0 Å². The maximum absolute atomic E-state index is 12.4. The second kappa shape index (κ2) is 8.19. The number of fused-ring (bicyclic) bond motifs is 1. The minimum absolute atomic E-state index is 0.0803. The first kappa shape index (κ1) is 20.0. The largest absolute Gasteiger partial charge is 0.484 e. The molecule has 0 saturated heterocycles. The lowest BCUT2D eigenvalue weighted by molar-refractivity contribution is -0.153. The van der Waals surface area contributed by atoms with Crippen LogP contribution in [-0.4, -0.2) is 28.1 Å². The summed E-state index contributed by atoms with van der Waals surface area (Å²) in [4.78, 5) is 17.8. The van der Waals surface area contributed by atoms with Gasteiger partial charge in [0, 0.05) is 28.5 Å². The van der Waals surface area contributed by atoms with E-state index >= 15 is 0 Å². The van der Waals surface area contributed by atoms with Crippen LogP contribution in [0.5, 0.6) is 5.75 Å². The number of hydrogen-bond donors (Lipinski definition) is 1. The van der Waals surface area contributed by atoms with Crippen LogP contribution in [0, 0.1) is 0 Å². The Balaban J connectivity index is 1.40. The van der Waals surface area contributed by atoms with Crippen molar-refractivity contribution in [1.29, 1.82) is 0 Å². The molecule has 2 aromatic heterocycles. The van der Waals surface area contributed by atoms with Gasteiger partial charge in [0.1, 0.15) is 5.75 Å². The van der Waals surface area contributed by atoms with Gasteiger partial charge >= 0.3 is 6.18 Å². The molecule has 1 N–H and O–H groups in total. The number of amides is 1. The molecule has 0 unspecified atom stereocenters. The van der Waals surface area contributed by atoms with E-state index in [4.69, 9.17) is 0 Å². The molecule has 0 bridgehead atoms. The molecule has 1 amide bonds. The molecule has 4 aromatic rings. The Morgan fingerprint density at radius 3 is 2.53 bits per heavy atom. The number of carbonyl (C=O) groups excluding carboxylic acids is 1. The molecule has 5 nitrogen and oxygen atoms in total. The molecule has 154 valence electrons. The first-order valence-corrected chi connectivity index (χ1v) is 9.86. The van der Waals surface area contributed by atoms with Gasteiger partial charge in [-0.05, 0) is 24.3 Å². The molecule has 0 aliphatic heterocycles. The number of nitrogens with zero attached hydrogens (tertiary/aromatic N) is 2. The van der Waals surface area contributed by atoms with E-state index in [1.807, 2.05) is 46.3 Å². The lowest BCUT2D eigenvalue weighted by atomic mass is 10.2. The third kappa shape index (κ3) is 4.80. The molecule has 0 spiro atoms. The Bertz CT molecular complexity index is 1150. The second-order valence-electron chi connectivity index (χ2n) is 6.52. The monoisotopic (exact) mass is 431 g/mol. The topological polar surface area (TPSA) is 55.6 Å². The maximum atomic E-state index is 12.4. The van der Waals surface area contributed by atoms with Gasteiger partial charge in [-0.3, -0.25) is 9.20 Å². The van der Waals surface area contributed by atoms with Crippen LogP contribution in [0.2, 0.25) is 0 Å². The van der Waals surface area contributed by atoms with Gasteiger partial charge < -0.3 is 10.1 Å². The fourth-order valence-corrected chi connectivity index (χ4v) is 3.75. The number of anilines is 1. The zero-order chi connectivity index (χ0) is 21.1. The molecule has 2 heterocycles. The van der Waals surface area contributed by atoms with E-state index in [0.717, 1.165) is 21.9 Å². The summed E-state index contributed by atoms with van der Waals surface area (Å²) in [6.45, 7) is -1.36. The van der Waals surface area contributed by atoms with Gasteiger partial charge in [0.25, 0.3) is 0 Å². The van der Waals surface area contributed by atoms with Crippen molar-refractivity contribution in [1.82, 2.24) is 9.38 Å². The van der Waals surface area contributed by atoms with Crippen LogP contribution < -0.4 is 10.1 Å². The van der Waals surface area contributed by atoms with Crippen molar-refractivity contribution in [2.75, 3.05) is 11.9 Å².